The molecule has 1 N–H and O–H groups in total. The van der Waals surface area contributed by atoms with E-state index in [0.717, 1.165) is 18.9 Å². The van der Waals surface area contributed by atoms with Crippen molar-refractivity contribution in [3.63, 3.8) is 0 Å². The van der Waals surface area contributed by atoms with Crippen LogP contribution in [0.5, 0.6) is 0 Å². The van der Waals surface area contributed by atoms with E-state index in [1.165, 1.54) is 18.2 Å². The molecule has 0 aliphatic carbocycles. The average molecular weight is 347 g/mol. The van der Waals surface area contributed by atoms with Crippen molar-refractivity contribution in [1.29, 1.82) is 5.26 Å². The van der Waals surface area contributed by atoms with Crippen LogP contribution in [0.4, 0.5) is 5.69 Å². The summed E-state index contributed by atoms with van der Waals surface area (Å²) in [4.78, 5) is 35.2. The van der Waals surface area contributed by atoms with Crippen molar-refractivity contribution in [1.82, 2.24) is 5.32 Å². The molecule has 2 rings (SSSR count). The first-order valence-corrected chi connectivity index (χ1v) is 7.99. The highest BCUT2D eigenvalue weighted by Gasteiger charge is 2.46. The molecule has 1 aliphatic heterocycles. The highest BCUT2D eigenvalue weighted by Crippen LogP contribution is 2.42. The van der Waals surface area contributed by atoms with E-state index in [2.05, 4.69) is 10.1 Å². The van der Waals surface area contributed by atoms with Crippen LogP contribution < -0.4 is 5.32 Å². The van der Waals surface area contributed by atoms with Crippen molar-refractivity contribution in [3.8, 4) is 6.07 Å². The first-order valence-electron chi connectivity index (χ1n) is 6.76. The third-order valence-corrected chi connectivity index (χ3v) is 4.39. The molecule has 1 aliphatic rings. The van der Waals surface area contributed by atoms with E-state index in [1.54, 1.807) is 12.3 Å². The number of carbonyl (C=O) groups excluding carboxylic acids is 2. The van der Waals surface area contributed by atoms with Crippen LogP contribution in [-0.4, -0.2) is 30.2 Å². The van der Waals surface area contributed by atoms with Crippen LogP contribution in [0, 0.1) is 27.4 Å². The second-order valence-corrected chi connectivity index (χ2v) is 5.66. The lowest BCUT2D eigenvalue weighted by Gasteiger charge is -2.30. The van der Waals surface area contributed by atoms with Gasteiger partial charge in [-0.25, -0.2) is 0 Å². The SMILES string of the molecule is COC(=O)[C@H]1C(=O)NC(SC)=C(C#N)[C@H]1c1ccccc1[N+](=O)[O-]. The number of hydrogen-bond donors (Lipinski definition) is 1. The first-order chi connectivity index (χ1) is 11.5. The van der Waals surface area contributed by atoms with Crippen LogP contribution in [0.1, 0.15) is 11.5 Å². The largest absolute Gasteiger partial charge is 0.468 e. The summed E-state index contributed by atoms with van der Waals surface area (Å²) in [5, 5.41) is 23.6. The maximum Gasteiger partial charge on any atom is 0.319 e. The van der Waals surface area contributed by atoms with E-state index < -0.39 is 28.6 Å². The van der Waals surface area contributed by atoms with E-state index in [1.807, 2.05) is 6.07 Å². The molecule has 1 aromatic rings. The number of rotatable bonds is 4. The Bertz CT molecular complexity index is 784. The lowest BCUT2D eigenvalue weighted by Crippen LogP contribution is -2.44. The molecule has 9 heteroatoms. The summed E-state index contributed by atoms with van der Waals surface area (Å²) in [6.45, 7) is 0. The molecule has 24 heavy (non-hydrogen) atoms. The monoisotopic (exact) mass is 347 g/mol. The fourth-order valence-corrected chi connectivity index (χ4v) is 3.21. The Morgan fingerprint density at radius 2 is 2.12 bits per heavy atom. The number of allylic oxidation sites excluding steroid dienone is 1. The molecule has 1 amide bonds. The maximum atomic E-state index is 12.4. The summed E-state index contributed by atoms with van der Waals surface area (Å²) in [6, 6.07) is 7.70. The number of ether oxygens (including phenoxy) is 1. The molecule has 0 bridgehead atoms. The minimum absolute atomic E-state index is 0.0896. The number of thioether (sulfide) groups is 1. The second kappa shape index (κ2) is 7.14. The minimum Gasteiger partial charge on any atom is -0.468 e. The molecule has 0 unspecified atom stereocenters. The number of carbonyl (C=O) groups is 2. The number of nitro groups is 1. The third kappa shape index (κ3) is 2.96. The van der Waals surface area contributed by atoms with Gasteiger partial charge in [0.1, 0.15) is 5.92 Å². The Balaban J connectivity index is 2.76. The molecule has 1 heterocycles. The number of methoxy groups -OCH3 is 1. The number of nitrogens with zero attached hydrogens (tertiary/aromatic N) is 2. The van der Waals surface area contributed by atoms with Crippen LogP contribution in [-0.2, 0) is 14.3 Å². The molecule has 0 radical (unpaired) electrons. The molecule has 2 atom stereocenters. The number of benzene rings is 1. The standard InChI is InChI=1S/C15H13N3O5S/c1-23-15(20)12-11(8-5-3-4-6-10(8)18(21)22)9(7-16)14(24-2)17-13(12)19/h3-6,11-12H,1-2H3,(H,17,19)/t11-,12-/m1/s1. The van der Waals surface area contributed by atoms with Crippen molar-refractivity contribution >= 4 is 29.3 Å². The molecule has 0 aromatic heterocycles. The molecule has 0 fully saturated rings. The quantitative estimate of drug-likeness (QED) is 0.380. The molecular weight excluding hydrogens is 334 g/mol. The van der Waals surface area contributed by atoms with Crippen LogP contribution in [0.25, 0.3) is 0 Å². The van der Waals surface area contributed by atoms with E-state index >= 15 is 0 Å². The highest BCUT2D eigenvalue weighted by molar-refractivity contribution is 8.02. The van der Waals surface area contributed by atoms with Gasteiger partial charge in [0, 0.05) is 11.6 Å². The topological polar surface area (TPSA) is 122 Å². The van der Waals surface area contributed by atoms with Crippen molar-refractivity contribution < 1.29 is 19.2 Å². The summed E-state index contributed by atoms with van der Waals surface area (Å²) in [5.41, 5.74) is -0.0537. The Morgan fingerprint density at radius 1 is 1.46 bits per heavy atom. The number of nitro benzene ring substituents is 1. The molecule has 124 valence electrons. The Hall–Kier alpha value is -2.86. The van der Waals surface area contributed by atoms with Gasteiger partial charge >= 0.3 is 5.97 Å². The number of amides is 1. The number of hydrogen-bond acceptors (Lipinski definition) is 7. The van der Waals surface area contributed by atoms with E-state index in [-0.39, 0.29) is 21.9 Å². The van der Waals surface area contributed by atoms with E-state index in [4.69, 9.17) is 0 Å². The smallest absolute Gasteiger partial charge is 0.319 e. The van der Waals surface area contributed by atoms with Crippen LogP contribution in [0.3, 0.4) is 0 Å². The highest BCUT2D eigenvalue weighted by atomic mass is 32.2. The normalized spacial score (nSPS) is 20.1. The van der Waals surface area contributed by atoms with E-state index in [0.29, 0.717) is 0 Å². The van der Waals surface area contributed by atoms with Crippen molar-refractivity contribution in [2.45, 2.75) is 5.92 Å². The summed E-state index contributed by atoms with van der Waals surface area (Å²) in [5.74, 6) is -3.97. The number of nitriles is 1. The van der Waals surface area contributed by atoms with Crippen LogP contribution >= 0.6 is 11.8 Å². The zero-order chi connectivity index (χ0) is 17.9. The van der Waals surface area contributed by atoms with Gasteiger partial charge in [0.05, 0.1) is 34.6 Å². The van der Waals surface area contributed by atoms with Gasteiger partial charge in [-0.2, -0.15) is 5.26 Å². The Labute approximate surface area is 141 Å². The molecular formula is C15H13N3O5S. The van der Waals surface area contributed by atoms with E-state index in [9.17, 15) is 25.0 Å². The Morgan fingerprint density at radius 3 is 2.67 bits per heavy atom. The summed E-state index contributed by atoms with van der Waals surface area (Å²) in [7, 11) is 1.12. The molecule has 0 saturated carbocycles. The first kappa shape index (κ1) is 17.5. The van der Waals surface area contributed by atoms with Gasteiger partial charge in [0.25, 0.3) is 5.69 Å². The average Bonchev–Trinajstić information content (AvgIpc) is 2.59. The fraction of sp³-hybridized carbons (Fsp3) is 0.267. The van der Waals surface area contributed by atoms with Crippen molar-refractivity contribution in [2.24, 2.45) is 5.92 Å². The molecule has 1 aromatic carbocycles. The fourth-order valence-electron chi connectivity index (χ4n) is 2.62. The minimum atomic E-state index is -1.37. The lowest BCUT2D eigenvalue weighted by atomic mass is 9.78. The van der Waals surface area contributed by atoms with Crippen LogP contribution in [0.15, 0.2) is 34.9 Å². The van der Waals surface area contributed by atoms with Crippen molar-refractivity contribution in [3.05, 3.63) is 50.5 Å². The second-order valence-electron chi connectivity index (χ2n) is 4.84. The zero-order valence-corrected chi connectivity index (χ0v) is 13.6. The van der Waals surface area contributed by atoms with Crippen molar-refractivity contribution in [2.75, 3.05) is 13.4 Å². The lowest BCUT2D eigenvalue weighted by molar-refractivity contribution is -0.385. The van der Waals surface area contributed by atoms with Gasteiger partial charge in [-0.3, -0.25) is 19.7 Å². The summed E-state index contributed by atoms with van der Waals surface area (Å²) < 4.78 is 4.67. The third-order valence-electron chi connectivity index (χ3n) is 3.66. The predicted octanol–water partition coefficient (Wildman–Crippen LogP) is 1.70. The van der Waals surface area contributed by atoms with Gasteiger partial charge in [0.15, 0.2) is 0 Å². The van der Waals surface area contributed by atoms with Crippen LogP contribution in [0.2, 0.25) is 0 Å². The zero-order valence-electron chi connectivity index (χ0n) is 12.8. The van der Waals surface area contributed by atoms with Gasteiger partial charge in [-0.05, 0) is 6.26 Å². The molecule has 0 spiro atoms. The van der Waals surface area contributed by atoms with Gasteiger partial charge < -0.3 is 10.1 Å². The van der Waals surface area contributed by atoms with Gasteiger partial charge in [-0.15, -0.1) is 11.8 Å². The molecule has 8 nitrogen and oxygen atoms in total. The number of esters is 1. The van der Waals surface area contributed by atoms with Gasteiger partial charge in [-0.1, -0.05) is 18.2 Å². The maximum absolute atomic E-state index is 12.4. The Kier molecular flexibility index (Phi) is 5.21. The predicted molar refractivity (Wildman–Crippen MR) is 85.6 cm³/mol. The number of para-hydroxylation sites is 1. The number of nitrogens with one attached hydrogen (secondary N) is 1. The summed E-state index contributed by atoms with van der Waals surface area (Å²) >= 11 is 1.12. The summed E-state index contributed by atoms with van der Waals surface area (Å²) in [6.07, 6.45) is 1.65. The van der Waals surface area contributed by atoms with Gasteiger partial charge in [0.2, 0.25) is 5.91 Å². The molecule has 0 saturated heterocycles.